The molecule has 3 aromatic rings. The van der Waals surface area contributed by atoms with Gasteiger partial charge in [-0.25, -0.2) is 0 Å². The van der Waals surface area contributed by atoms with Crippen LogP contribution < -0.4 is 0 Å². The summed E-state index contributed by atoms with van der Waals surface area (Å²) < 4.78 is 0. The molecule has 0 radical (unpaired) electrons. The Labute approximate surface area is 141 Å². The Morgan fingerprint density at radius 2 is 0.583 bits per heavy atom. The lowest BCUT2D eigenvalue weighted by Crippen LogP contribution is -1.76. The Balaban J connectivity index is 1.66. The first-order chi connectivity index (χ1) is 11.7. The van der Waals surface area contributed by atoms with Gasteiger partial charge in [-0.1, -0.05) is 72.8 Å². The Morgan fingerprint density at radius 3 is 0.833 bits per heavy atom. The van der Waals surface area contributed by atoms with Gasteiger partial charge in [-0.15, -0.1) is 0 Å². The first-order valence-corrected chi connectivity index (χ1v) is 7.73. The van der Waals surface area contributed by atoms with E-state index in [1.807, 2.05) is 48.6 Å². The highest BCUT2D eigenvalue weighted by Crippen LogP contribution is 2.15. The summed E-state index contributed by atoms with van der Waals surface area (Å²) in [5, 5.41) is 18.6. The van der Waals surface area contributed by atoms with Gasteiger partial charge in [-0.2, -0.15) is 0 Å². The lowest BCUT2D eigenvalue weighted by molar-refractivity contribution is 0.474. The van der Waals surface area contributed by atoms with E-state index >= 15 is 0 Å². The Bertz CT molecular complexity index is 765. The molecule has 118 valence electrons. The van der Waals surface area contributed by atoms with E-state index < -0.39 is 0 Å². The molecule has 0 spiro atoms. The predicted molar refractivity (Wildman–Crippen MR) is 101 cm³/mol. The first-order valence-electron chi connectivity index (χ1n) is 7.73. The molecule has 3 rings (SSSR count). The lowest BCUT2D eigenvalue weighted by Gasteiger charge is -1.98. The molecule has 0 aliphatic rings. The highest BCUT2D eigenvalue weighted by atomic mass is 16.3. The molecule has 0 saturated carbocycles. The van der Waals surface area contributed by atoms with Crippen molar-refractivity contribution in [2.45, 2.75) is 0 Å². The first kappa shape index (κ1) is 15.6. The fourth-order valence-electron chi connectivity index (χ4n) is 2.27. The van der Waals surface area contributed by atoms with Crippen molar-refractivity contribution in [1.82, 2.24) is 0 Å². The quantitative estimate of drug-likeness (QED) is 0.630. The van der Waals surface area contributed by atoms with Gasteiger partial charge in [0.2, 0.25) is 0 Å². The van der Waals surface area contributed by atoms with Crippen LogP contribution in [0.4, 0.5) is 0 Å². The smallest absolute Gasteiger partial charge is 0.115 e. The van der Waals surface area contributed by atoms with E-state index in [1.165, 1.54) is 0 Å². The van der Waals surface area contributed by atoms with Gasteiger partial charge in [0.25, 0.3) is 0 Å². The van der Waals surface area contributed by atoms with Gasteiger partial charge in [0.1, 0.15) is 11.5 Å². The number of hydrogen-bond acceptors (Lipinski definition) is 2. The third-order valence-electron chi connectivity index (χ3n) is 3.66. The molecule has 0 fully saturated rings. The van der Waals surface area contributed by atoms with Crippen LogP contribution >= 0.6 is 0 Å². The summed E-state index contributed by atoms with van der Waals surface area (Å²) in [5.41, 5.74) is 4.32. The number of phenols is 2. The fraction of sp³-hybridized carbons (Fsp3) is 0. The van der Waals surface area contributed by atoms with Crippen molar-refractivity contribution in [3.8, 4) is 11.5 Å². The predicted octanol–water partition coefficient (Wildman–Crippen LogP) is 5.44. The van der Waals surface area contributed by atoms with Crippen LogP contribution in [0.2, 0.25) is 0 Å². The third-order valence-corrected chi connectivity index (χ3v) is 3.66. The van der Waals surface area contributed by atoms with Crippen LogP contribution in [-0.2, 0) is 0 Å². The number of rotatable bonds is 4. The molecule has 0 saturated heterocycles. The van der Waals surface area contributed by atoms with E-state index in [1.54, 1.807) is 24.3 Å². The minimum absolute atomic E-state index is 0.275. The number of aromatic hydroxyl groups is 2. The highest BCUT2D eigenvalue weighted by Gasteiger charge is 1.92. The van der Waals surface area contributed by atoms with Gasteiger partial charge in [0, 0.05) is 0 Å². The van der Waals surface area contributed by atoms with Crippen molar-refractivity contribution in [1.29, 1.82) is 0 Å². The molecule has 2 nitrogen and oxygen atoms in total. The molecule has 0 atom stereocenters. The molecular weight excluding hydrogens is 296 g/mol. The second-order valence-corrected chi connectivity index (χ2v) is 5.52. The van der Waals surface area contributed by atoms with Crippen LogP contribution in [0, 0.1) is 0 Å². The Hall–Kier alpha value is -3.26. The van der Waals surface area contributed by atoms with Crippen LogP contribution in [0.3, 0.4) is 0 Å². The minimum atomic E-state index is 0.275. The average Bonchev–Trinajstić information content (AvgIpc) is 2.62. The fourth-order valence-corrected chi connectivity index (χ4v) is 2.27. The summed E-state index contributed by atoms with van der Waals surface area (Å²) in [4.78, 5) is 0. The van der Waals surface area contributed by atoms with Crippen molar-refractivity contribution >= 4 is 24.3 Å². The highest BCUT2D eigenvalue weighted by molar-refractivity contribution is 5.73. The van der Waals surface area contributed by atoms with Crippen LogP contribution in [0.15, 0.2) is 72.8 Å². The van der Waals surface area contributed by atoms with Gasteiger partial charge in [-0.05, 0) is 46.5 Å². The summed E-state index contributed by atoms with van der Waals surface area (Å²) in [6, 6.07) is 22.5. The molecule has 24 heavy (non-hydrogen) atoms. The lowest BCUT2D eigenvalue weighted by atomic mass is 10.1. The van der Waals surface area contributed by atoms with Gasteiger partial charge < -0.3 is 10.2 Å². The molecule has 0 amide bonds. The molecular formula is C22H18O2. The van der Waals surface area contributed by atoms with Crippen LogP contribution in [-0.4, -0.2) is 10.2 Å². The van der Waals surface area contributed by atoms with Crippen LogP contribution in [0.5, 0.6) is 11.5 Å². The van der Waals surface area contributed by atoms with Crippen molar-refractivity contribution in [2.24, 2.45) is 0 Å². The van der Waals surface area contributed by atoms with Crippen LogP contribution in [0.1, 0.15) is 22.3 Å². The van der Waals surface area contributed by atoms with Gasteiger partial charge in [0.05, 0.1) is 0 Å². The van der Waals surface area contributed by atoms with Gasteiger partial charge in [0.15, 0.2) is 0 Å². The maximum atomic E-state index is 9.28. The summed E-state index contributed by atoms with van der Waals surface area (Å²) in [5.74, 6) is 0.550. The molecule has 3 aromatic carbocycles. The molecule has 2 heteroatoms. The van der Waals surface area contributed by atoms with Crippen molar-refractivity contribution in [3.05, 3.63) is 95.1 Å². The van der Waals surface area contributed by atoms with Gasteiger partial charge in [-0.3, -0.25) is 0 Å². The van der Waals surface area contributed by atoms with E-state index in [2.05, 4.69) is 24.3 Å². The summed E-state index contributed by atoms with van der Waals surface area (Å²) in [6.07, 6.45) is 8.11. The van der Waals surface area contributed by atoms with E-state index in [0.717, 1.165) is 22.3 Å². The average molecular weight is 314 g/mol. The third kappa shape index (κ3) is 4.37. The molecule has 0 aliphatic carbocycles. The molecule has 0 heterocycles. The van der Waals surface area contributed by atoms with Crippen molar-refractivity contribution in [3.63, 3.8) is 0 Å². The largest absolute Gasteiger partial charge is 0.508 e. The van der Waals surface area contributed by atoms with E-state index in [9.17, 15) is 10.2 Å². The van der Waals surface area contributed by atoms with Crippen LogP contribution in [0.25, 0.3) is 24.3 Å². The second-order valence-electron chi connectivity index (χ2n) is 5.52. The Morgan fingerprint density at radius 1 is 0.375 bits per heavy atom. The zero-order valence-electron chi connectivity index (χ0n) is 13.1. The Kier molecular flexibility index (Phi) is 4.78. The molecule has 0 aliphatic heterocycles. The number of hydrogen-bond donors (Lipinski definition) is 2. The van der Waals surface area contributed by atoms with Gasteiger partial charge >= 0.3 is 0 Å². The number of benzene rings is 3. The zero-order chi connectivity index (χ0) is 16.8. The van der Waals surface area contributed by atoms with E-state index in [4.69, 9.17) is 0 Å². The topological polar surface area (TPSA) is 40.5 Å². The van der Waals surface area contributed by atoms with E-state index in [-0.39, 0.29) is 11.5 Å². The zero-order valence-corrected chi connectivity index (χ0v) is 13.1. The number of phenolic OH excluding ortho intramolecular Hbond substituents is 2. The summed E-state index contributed by atoms with van der Waals surface area (Å²) in [6.45, 7) is 0. The summed E-state index contributed by atoms with van der Waals surface area (Å²) in [7, 11) is 0. The molecule has 0 unspecified atom stereocenters. The molecule has 2 N–H and O–H groups in total. The monoisotopic (exact) mass is 314 g/mol. The SMILES string of the molecule is Oc1ccc(/C=C/c2ccc(/C=C/c3ccc(O)cc3)cc2)cc1. The standard InChI is InChI=1S/C22H18O2/c23-21-13-9-19(10-14-21)7-5-17-1-2-18(4-3-17)6-8-20-11-15-22(24)16-12-20/h1-16,23-24H/b7-5+,8-6+. The minimum Gasteiger partial charge on any atom is -0.508 e. The van der Waals surface area contributed by atoms with Crippen molar-refractivity contribution < 1.29 is 10.2 Å². The normalized spacial score (nSPS) is 11.3. The second kappa shape index (κ2) is 7.34. The van der Waals surface area contributed by atoms with E-state index in [0.29, 0.717) is 0 Å². The summed E-state index contributed by atoms with van der Waals surface area (Å²) >= 11 is 0. The molecule has 0 aromatic heterocycles. The maximum Gasteiger partial charge on any atom is 0.115 e. The van der Waals surface area contributed by atoms with Crippen molar-refractivity contribution in [2.75, 3.05) is 0 Å². The molecule has 0 bridgehead atoms. The maximum absolute atomic E-state index is 9.28.